The molecule has 2 fully saturated rings. The third kappa shape index (κ3) is 2.00. The minimum Gasteiger partial charge on any atom is -0.122 e. The largest absolute Gasteiger partial charge is 0.122 e. The van der Waals surface area contributed by atoms with Crippen molar-refractivity contribution >= 4 is 11.6 Å². The minimum absolute atomic E-state index is 0.355. The number of aryl methyl sites for hydroxylation is 1. The van der Waals surface area contributed by atoms with Gasteiger partial charge in [0.2, 0.25) is 0 Å². The lowest BCUT2D eigenvalue weighted by molar-refractivity contribution is 0.460. The third-order valence-corrected chi connectivity index (χ3v) is 4.98. The summed E-state index contributed by atoms with van der Waals surface area (Å²) in [5.41, 5.74) is 2.82. The molecule has 3 unspecified atom stereocenters. The van der Waals surface area contributed by atoms with E-state index in [4.69, 9.17) is 11.6 Å². The highest BCUT2D eigenvalue weighted by atomic mass is 35.5. The van der Waals surface area contributed by atoms with Gasteiger partial charge in [-0.3, -0.25) is 0 Å². The molecule has 16 heavy (non-hydrogen) atoms. The molecule has 2 aliphatic carbocycles. The molecule has 0 nitrogen and oxygen atoms in total. The summed E-state index contributed by atoms with van der Waals surface area (Å²) >= 11 is 6.58. The average Bonchev–Trinajstić information content (AvgIpc) is 2.89. The fraction of sp³-hybridized carbons (Fsp3) is 0.600. The molecular weight excluding hydrogens is 216 g/mol. The Hall–Kier alpha value is -0.490. The first kappa shape index (κ1) is 10.7. The summed E-state index contributed by atoms with van der Waals surface area (Å²) in [5.74, 6) is 2.87. The van der Waals surface area contributed by atoms with Crippen molar-refractivity contribution in [1.29, 1.82) is 0 Å². The van der Waals surface area contributed by atoms with Gasteiger partial charge in [0.05, 0.1) is 0 Å². The number of fused-ring (bicyclic) bond motifs is 1. The second-order valence-corrected chi connectivity index (χ2v) is 6.19. The molecule has 0 spiro atoms. The molecule has 0 saturated heterocycles. The maximum atomic E-state index is 6.58. The highest BCUT2D eigenvalue weighted by molar-refractivity contribution is 6.21. The lowest BCUT2D eigenvalue weighted by Gasteiger charge is -2.19. The van der Waals surface area contributed by atoms with Crippen molar-refractivity contribution in [3.8, 4) is 0 Å². The van der Waals surface area contributed by atoms with Crippen LogP contribution in [0.3, 0.4) is 0 Å². The van der Waals surface area contributed by atoms with E-state index in [2.05, 4.69) is 31.2 Å². The van der Waals surface area contributed by atoms with Crippen LogP contribution in [0, 0.1) is 24.7 Å². The fourth-order valence-corrected chi connectivity index (χ4v) is 3.64. The van der Waals surface area contributed by atoms with Crippen LogP contribution in [-0.2, 0) is 6.42 Å². The quantitative estimate of drug-likeness (QED) is 0.688. The molecule has 1 aromatic carbocycles. The molecule has 0 aliphatic heterocycles. The van der Waals surface area contributed by atoms with E-state index >= 15 is 0 Å². The molecule has 0 heterocycles. The third-order valence-electron chi connectivity index (χ3n) is 4.47. The summed E-state index contributed by atoms with van der Waals surface area (Å²) in [6, 6.07) is 8.64. The van der Waals surface area contributed by atoms with Crippen molar-refractivity contribution in [1.82, 2.24) is 0 Å². The van der Waals surface area contributed by atoms with Crippen LogP contribution < -0.4 is 0 Å². The summed E-state index contributed by atoms with van der Waals surface area (Å²) in [6.07, 6.45) is 5.33. The topological polar surface area (TPSA) is 0 Å². The fourth-order valence-electron chi connectivity index (χ4n) is 3.27. The van der Waals surface area contributed by atoms with Gasteiger partial charge in [-0.25, -0.2) is 0 Å². The van der Waals surface area contributed by atoms with E-state index in [0.29, 0.717) is 5.38 Å². The second-order valence-electron chi connectivity index (χ2n) is 5.63. The zero-order valence-corrected chi connectivity index (χ0v) is 10.6. The van der Waals surface area contributed by atoms with Gasteiger partial charge in [0.1, 0.15) is 0 Å². The Morgan fingerprint density at radius 3 is 2.56 bits per heavy atom. The molecule has 0 radical (unpaired) electrons. The first-order valence-corrected chi connectivity index (χ1v) is 6.86. The van der Waals surface area contributed by atoms with Crippen LogP contribution >= 0.6 is 11.6 Å². The van der Waals surface area contributed by atoms with Gasteiger partial charge in [0.25, 0.3) is 0 Å². The first-order chi connectivity index (χ1) is 7.74. The van der Waals surface area contributed by atoms with Crippen molar-refractivity contribution in [2.45, 2.75) is 38.0 Å². The second kappa shape index (κ2) is 4.07. The molecular formula is C15H19Cl. The maximum Gasteiger partial charge on any atom is 0.0404 e. The van der Waals surface area contributed by atoms with Crippen LogP contribution in [0.4, 0.5) is 0 Å². The number of hydrogen-bond acceptors (Lipinski definition) is 0. The number of halogens is 1. The van der Waals surface area contributed by atoms with Crippen LogP contribution in [0.25, 0.3) is 0 Å². The Morgan fingerprint density at radius 2 is 1.88 bits per heavy atom. The van der Waals surface area contributed by atoms with Gasteiger partial charge in [-0.2, -0.15) is 0 Å². The summed E-state index contributed by atoms with van der Waals surface area (Å²) in [6.45, 7) is 2.19. The Kier molecular flexibility index (Phi) is 2.71. The highest BCUT2D eigenvalue weighted by Crippen LogP contribution is 2.56. The van der Waals surface area contributed by atoms with Gasteiger partial charge in [0.15, 0.2) is 0 Å². The molecule has 0 amide bonds. The van der Waals surface area contributed by atoms with E-state index in [0.717, 1.165) is 24.2 Å². The van der Waals surface area contributed by atoms with Crippen LogP contribution in [0.15, 0.2) is 24.3 Å². The number of hydrogen-bond donors (Lipinski definition) is 0. The standard InChI is InChI=1S/C15H19Cl/c1-10-4-2-3-5-11(10)9-15(16)14-7-12-6-13(12)8-14/h2-5,12-15H,6-9H2,1H3. The van der Waals surface area contributed by atoms with Crippen molar-refractivity contribution < 1.29 is 0 Å². The monoisotopic (exact) mass is 234 g/mol. The zero-order chi connectivity index (χ0) is 11.1. The predicted molar refractivity (Wildman–Crippen MR) is 68.8 cm³/mol. The molecule has 0 aromatic heterocycles. The predicted octanol–water partition coefficient (Wildman–Crippen LogP) is 4.19. The summed E-state index contributed by atoms with van der Waals surface area (Å²) < 4.78 is 0. The van der Waals surface area contributed by atoms with Gasteiger partial charge in [0, 0.05) is 5.38 Å². The van der Waals surface area contributed by atoms with E-state index in [1.807, 2.05) is 0 Å². The van der Waals surface area contributed by atoms with Crippen molar-refractivity contribution in [2.75, 3.05) is 0 Å². The number of alkyl halides is 1. The van der Waals surface area contributed by atoms with E-state index in [1.54, 1.807) is 0 Å². The Bertz CT molecular complexity index is 375. The number of benzene rings is 1. The average molecular weight is 235 g/mol. The maximum absolute atomic E-state index is 6.58. The van der Waals surface area contributed by atoms with Crippen molar-refractivity contribution in [3.63, 3.8) is 0 Å². The molecule has 2 aliphatic rings. The normalized spacial score (nSPS) is 33.5. The van der Waals surface area contributed by atoms with Crippen molar-refractivity contribution in [2.24, 2.45) is 17.8 Å². The number of rotatable bonds is 3. The molecule has 3 atom stereocenters. The van der Waals surface area contributed by atoms with Crippen LogP contribution in [0.2, 0.25) is 0 Å². The molecule has 1 heteroatoms. The molecule has 0 bridgehead atoms. The molecule has 86 valence electrons. The molecule has 2 saturated carbocycles. The smallest absolute Gasteiger partial charge is 0.0404 e. The van der Waals surface area contributed by atoms with Gasteiger partial charge in [-0.05, 0) is 61.5 Å². The lowest BCUT2D eigenvalue weighted by atomic mass is 9.93. The highest BCUT2D eigenvalue weighted by Gasteiger charge is 2.47. The molecule has 0 N–H and O–H groups in total. The molecule has 3 rings (SSSR count). The Morgan fingerprint density at radius 1 is 1.19 bits per heavy atom. The van der Waals surface area contributed by atoms with Gasteiger partial charge < -0.3 is 0 Å². The van der Waals surface area contributed by atoms with E-state index in [9.17, 15) is 0 Å². The Labute approximate surface area is 103 Å². The van der Waals surface area contributed by atoms with E-state index in [-0.39, 0.29) is 0 Å². The summed E-state index contributed by atoms with van der Waals surface area (Å²) in [7, 11) is 0. The zero-order valence-electron chi connectivity index (χ0n) is 9.83. The summed E-state index contributed by atoms with van der Waals surface area (Å²) in [5, 5.41) is 0.355. The van der Waals surface area contributed by atoms with Crippen molar-refractivity contribution in [3.05, 3.63) is 35.4 Å². The van der Waals surface area contributed by atoms with Gasteiger partial charge in [-0.1, -0.05) is 24.3 Å². The first-order valence-electron chi connectivity index (χ1n) is 6.42. The minimum atomic E-state index is 0.355. The Balaban J connectivity index is 1.64. The van der Waals surface area contributed by atoms with E-state index in [1.165, 1.54) is 30.4 Å². The lowest BCUT2D eigenvalue weighted by Crippen LogP contribution is -2.16. The SMILES string of the molecule is Cc1ccccc1CC(Cl)C1CC2CC2C1. The van der Waals surface area contributed by atoms with E-state index < -0.39 is 0 Å². The van der Waals surface area contributed by atoms with Gasteiger partial charge in [-0.15, -0.1) is 11.6 Å². The van der Waals surface area contributed by atoms with Crippen LogP contribution in [0.1, 0.15) is 30.4 Å². The van der Waals surface area contributed by atoms with Gasteiger partial charge >= 0.3 is 0 Å². The van der Waals surface area contributed by atoms with Crippen LogP contribution in [-0.4, -0.2) is 5.38 Å². The van der Waals surface area contributed by atoms with Crippen LogP contribution in [0.5, 0.6) is 0 Å². The molecule has 1 aromatic rings. The summed E-state index contributed by atoms with van der Waals surface area (Å²) in [4.78, 5) is 0.